The van der Waals surface area contributed by atoms with Crippen molar-refractivity contribution >= 4 is 17.5 Å². The molecule has 0 aromatic heterocycles. The Labute approximate surface area is 125 Å². The lowest BCUT2D eigenvalue weighted by atomic mass is 10.1. The molecule has 0 saturated carbocycles. The molecule has 0 aliphatic carbocycles. The maximum absolute atomic E-state index is 12.3. The van der Waals surface area contributed by atoms with Crippen LogP contribution in [0.2, 0.25) is 0 Å². The molecular formula is C16H22N2O3. The minimum Gasteiger partial charge on any atom is -0.382 e. The summed E-state index contributed by atoms with van der Waals surface area (Å²) in [7, 11) is 0. The van der Waals surface area contributed by atoms with E-state index in [1.54, 1.807) is 4.90 Å². The van der Waals surface area contributed by atoms with Crippen molar-refractivity contribution in [1.29, 1.82) is 0 Å². The molecule has 0 radical (unpaired) electrons. The van der Waals surface area contributed by atoms with Crippen LogP contribution in [0.15, 0.2) is 24.3 Å². The van der Waals surface area contributed by atoms with E-state index in [9.17, 15) is 9.59 Å². The van der Waals surface area contributed by atoms with Crippen molar-refractivity contribution in [2.75, 3.05) is 24.7 Å². The van der Waals surface area contributed by atoms with Crippen molar-refractivity contribution in [1.82, 2.24) is 5.32 Å². The summed E-state index contributed by atoms with van der Waals surface area (Å²) in [5.74, 6) is -0.202. The van der Waals surface area contributed by atoms with Crippen LogP contribution >= 0.6 is 0 Å². The first-order valence-corrected chi connectivity index (χ1v) is 7.38. The average molecular weight is 290 g/mol. The Morgan fingerprint density at radius 3 is 2.86 bits per heavy atom. The molecule has 21 heavy (non-hydrogen) atoms. The third kappa shape index (κ3) is 3.61. The van der Waals surface area contributed by atoms with Crippen molar-refractivity contribution in [3.63, 3.8) is 0 Å². The van der Waals surface area contributed by atoms with E-state index >= 15 is 0 Å². The van der Waals surface area contributed by atoms with Crippen LogP contribution in [0.25, 0.3) is 0 Å². The molecule has 1 unspecified atom stereocenters. The summed E-state index contributed by atoms with van der Waals surface area (Å²) in [5, 5.41) is 2.89. The molecule has 1 aromatic carbocycles. The molecule has 0 bridgehead atoms. The van der Waals surface area contributed by atoms with Crippen LogP contribution in [0.3, 0.4) is 0 Å². The zero-order valence-corrected chi connectivity index (χ0v) is 12.6. The number of hydrogen-bond acceptors (Lipinski definition) is 3. The third-order valence-electron chi connectivity index (χ3n) is 3.59. The molecule has 1 aromatic rings. The lowest BCUT2D eigenvalue weighted by Crippen LogP contribution is -2.47. The Morgan fingerprint density at radius 1 is 1.38 bits per heavy atom. The fourth-order valence-electron chi connectivity index (χ4n) is 2.63. The topological polar surface area (TPSA) is 58.6 Å². The van der Waals surface area contributed by atoms with E-state index < -0.39 is 6.04 Å². The minimum absolute atomic E-state index is 0.0992. The van der Waals surface area contributed by atoms with Crippen molar-refractivity contribution in [3.05, 3.63) is 29.8 Å². The molecule has 1 aliphatic heterocycles. The molecule has 1 atom stereocenters. The molecule has 114 valence electrons. The molecule has 0 fully saturated rings. The lowest BCUT2D eigenvalue weighted by Gasteiger charge is -2.23. The molecule has 5 heteroatoms. The molecule has 1 N–H and O–H groups in total. The largest absolute Gasteiger partial charge is 0.382 e. The molecule has 2 rings (SSSR count). The summed E-state index contributed by atoms with van der Waals surface area (Å²) < 4.78 is 5.23. The summed E-state index contributed by atoms with van der Waals surface area (Å²) in [5.41, 5.74) is 1.89. The second kappa shape index (κ2) is 7.22. The van der Waals surface area contributed by atoms with Crippen LogP contribution in [-0.2, 0) is 20.7 Å². The summed E-state index contributed by atoms with van der Waals surface area (Å²) in [6.07, 6.45) is 1.35. The van der Waals surface area contributed by atoms with Gasteiger partial charge < -0.3 is 10.1 Å². The number of nitrogens with one attached hydrogen (secondary N) is 1. The number of benzene rings is 1. The second-order valence-corrected chi connectivity index (χ2v) is 5.08. The Kier molecular flexibility index (Phi) is 5.33. The van der Waals surface area contributed by atoms with Gasteiger partial charge in [-0.05, 0) is 25.0 Å². The van der Waals surface area contributed by atoms with E-state index in [1.165, 1.54) is 6.92 Å². The van der Waals surface area contributed by atoms with Crippen molar-refractivity contribution in [2.24, 2.45) is 0 Å². The highest BCUT2D eigenvalue weighted by Gasteiger charge is 2.36. The van der Waals surface area contributed by atoms with Crippen molar-refractivity contribution in [2.45, 2.75) is 32.7 Å². The number of anilines is 1. The Bertz CT molecular complexity index is 516. The van der Waals surface area contributed by atoms with Crippen LogP contribution in [-0.4, -0.2) is 37.6 Å². The van der Waals surface area contributed by atoms with Gasteiger partial charge in [0.2, 0.25) is 11.8 Å². The summed E-state index contributed by atoms with van der Waals surface area (Å²) >= 11 is 0. The van der Waals surface area contributed by atoms with Gasteiger partial charge in [0.15, 0.2) is 0 Å². The lowest BCUT2D eigenvalue weighted by molar-refractivity contribution is -0.125. The predicted octanol–water partition coefficient (Wildman–Crippen LogP) is 1.51. The minimum atomic E-state index is -0.438. The standard InChI is InChI=1S/C16H22N2O3/c1-3-21-10-6-9-17-16(20)15-11-13-7-4-5-8-14(13)18(15)12(2)19/h4-5,7-8,15H,3,6,9-11H2,1-2H3,(H,17,20). The summed E-state index contributed by atoms with van der Waals surface area (Å²) in [4.78, 5) is 25.8. The third-order valence-corrected chi connectivity index (χ3v) is 3.59. The Hall–Kier alpha value is -1.88. The monoisotopic (exact) mass is 290 g/mol. The average Bonchev–Trinajstić information content (AvgIpc) is 2.86. The zero-order chi connectivity index (χ0) is 15.2. The normalized spacial score (nSPS) is 16.7. The first kappa shape index (κ1) is 15.5. The number of hydrogen-bond donors (Lipinski definition) is 1. The summed E-state index contributed by atoms with van der Waals surface area (Å²) in [6.45, 7) is 5.33. The molecular weight excluding hydrogens is 268 g/mol. The van der Waals surface area contributed by atoms with Gasteiger partial charge in [0, 0.05) is 38.8 Å². The van der Waals surface area contributed by atoms with E-state index in [0.29, 0.717) is 26.2 Å². The maximum Gasteiger partial charge on any atom is 0.243 e. The van der Waals surface area contributed by atoms with Crippen molar-refractivity contribution in [3.8, 4) is 0 Å². The Morgan fingerprint density at radius 2 is 2.14 bits per heavy atom. The van der Waals surface area contributed by atoms with Gasteiger partial charge in [0.05, 0.1) is 0 Å². The molecule has 2 amide bonds. The highest BCUT2D eigenvalue weighted by atomic mass is 16.5. The molecule has 0 saturated heterocycles. The maximum atomic E-state index is 12.3. The van der Waals surface area contributed by atoms with Gasteiger partial charge in [-0.3, -0.25) is 14.5 Å². The quantitative estimate of drug-likeness (QED) is 0.808. The zero-order valence-electron chi connectivity index (χ0n) is 12.6. The molecule has 1 heterocycles. The van der Waals surface area contributed by atoms with Gasteiger partial charge in [-0.25, -0.2) is 0 Å². The number of carbonyl (C=O) groups excluding carboxylic acids is 2. The number of ether oxygens (including phenoxy) is 1. The van der Waals surface area contributed by atoms with Crippen molar-refractivity contribution < 1.29 is 14.3 Å². The van der Waals surface area contributed by atoms with Crippen LogP contribution in [0, 0.1) is 0 Å². The van der Waals surface area contributed by atoms with E-state index in [4.69, 9.17) is 4.74 Å². The van der Waals surface area contributed by atoms with Crippen LogP contribution in [0.1, 0.15) is 25.8 Å². The van der Waals surface area contributed by atoms with E-state index in [0.717, 1.165) is 17.7 Å². The number of carbonyl (C=O) groups is 2. The van der Waals surface area contributed by atoms with Gasteiger partial charge in [-0.1, -0.05) is 18.2 Å². The first-order chi connectivity index (χ1) is 10.1. The fraction of sp³-hybridized carbons (Fsp3) is 0.500. The van der Waals surface area contributed by atoms with Crippen LogP contribution in [0.5, 0.6) is 0 Å². The van der Waals surface area contributed by atoms with Crippen LogP contribution < -0.4 is 10.2 Å². The fourth-order valence-corrected chi connectivity index (χ4v) is 2.63. The van der Waals surface area contributed by atoms with Gasteiger partial charge >= 0.3 is 0 Å². The SMILES string of the molecule is CCOCCCNC(=O)C1Cc2ccccc2N1C(C)=O. The number of nitrogens with zero attached hydrogens (tertiary/aromatic N) is 1. The molecule has 5 nitrogen and oxygen atoms in total. The van der Waals surface area contributed by atoms with Gasteiger partial charge in [0.1, 0.15) is 6.04 Å². The number of para-hydroxylation sites is 1. The van der Waals surface area contributed by atoms with E-state index in [-0.39, 0.29) is 11.8 Å². The first-order valence-electron chi connectivity index (χ1n) is 7.38. The van der Waals surface area contributed by atoms with Gasteiger partial charge in [0.25, 0.3) is 0 Å². The summed E-state index contributed by atoms with van der Waals surface area (Å²) in [6, 6.07) is 7.23. The van der Waals surface area contributed by atoms with E-state index in [2.05, 4.69) is 5.32 Å². The highest BCUT2D eigenvalue weighted by molar-refractivity contribution is 6.02. The predicted molar refractivity (Wildman–Crippen MR) is 81.2 cm³/mol. The Balaban J connectivity index is 1.97. The van der Waals surface area contributed by atoms with Crippen LogP contribution in [0.4, 0.5) is 5.69 Å². The second-order valence-electron chi connectivity index (χ2n) is 5.08. The number of rotatable bonds is 6. The van der Waals surface area contributed by atoms with Gasteiger partial charge in [-0.15, -0.1) is 0 Å². The smallest absolute Gasteiger partial charge is 0.243 e. The van der Waals surface area contributed by atoms with E-state index in [1.807, 2.05) is 31.2 Å². The molecule has 0 spiro atoms. The number of amides is 2. The molecule has 1 aliphatic rings. The highest BCUT2D eigenvalue weighted by Crippen LogP contribution is 2.32. The van der Waals surface area contributed by atoms with Gasteiger partial charge in [-0.2, -0.15) is 0 Å². The number of fused-ring (bicyclic) bond motifs is 1.